The summed E-state index contributed by atoms with van der Waals surface area (Å²) in [6.45, 7) is 9.73. The summed E-state index contributed by atoms with van der Waals surface area (Å²) in [5.41, 5.74) is 5.64. The van der Waals surface area contributed by atoms with Crippen molar-refractivity contribution < 1.29 is 4.79 Å². The minimum atomic E-state index is -0.163. The Hall–Kier alpha value is -0.610. The van der Waals surface area contributed by atoms with Crippen LogP contribution >= 0.6 is 0 Å². The monoisotopic (exact) mass is 227 g/mol. The molecule has 0 spiro atoms. The molecule has 2 N–H and O–H groups in total. The fraction of sp³-hybridized carbons (Fsp3) is 0.917. The second-order valence-electron chi connectivity index (χ2n) is 5.60. The van der Waals surface area contributed by atoms with E-state index < -0.39 is 0 Å². The first kappa shape index (κ1) is 13.5. The molecule has 1 amide bonds. The molecule has 1 aliphatic rings. The van der Waals surface area contributed by atoms with E-state index in [4.69, 9.17) is 5.73 Å². The molecule has 4 nitrogen and oxygen atoms in total. The lowest BCUT2D eigenvalue weighted by molar-refractivity contribution is -0.141. The van der Waals surface area contributed by atoms with Gasteiger partial charge in [-0.25, -0.2) is 0 Å². The number of carbonyl (C=O) groups excluding carboxylic acids is 1. The maximum Gasteiger partial charge on any atom is 0.241 e. The first-order chi connectivity index (χ1) is 7.31. The van der Waals surface area contributed by atoms with Crippen molar-refractivity contribution in [1.82, 2.24) is 9.80 Å². The van der Waals surface area contributed by atoms with E-state index in [0.29, 0.717) is 6.54 Å². The zero-order chi connectivity index (χ0) is 12.5. The van der Waals surface area contributed by atoms with Gasteiger partial charge < -0.3 is 10.6 Å². The highest BCUT2D eigenvalue weighted by Gasteiger charge is 2.40. The van der Waals surface area contributed by atoms with Gasteiger partial charge in [-0.1, -0.05) is 0 Å². The predicted octanol–water partition coefficient (Wildman–Crippen LogP) is 0.665. The summed E-state index contributed by atoms with van der Waals surface area (Å²) in [6, 6.07) is 0.0622. The molecule has 1 aliphatic heterocycles. The second kappa shape index (κ2) is 4.72. The van der Waals surface area contributed by atoms with Gasteiger partial charge in [-0.05, 0) is 41.2 Å². The lowest BCUT2D eigenvalue weighted by Gasteiger charge is -2.41. The van der Waals surface area contributed by atoms with Gasteiger partial charge in [-0.3, -0.25) is 9.69 Å². The number of nitrogens with two attached hydrogens (primary N) is 1. The highest BCUT2D eigenvalue weighted by Crippen LogP contribution is 2.27. The molecule has 1 fully saturated rings. The van der Waals surface area contributed by atoms with E-state index in [1.54, 1.807) is 0 Å². The smallest absolute Gasteiger partial charge is 0.241 e. The van der Waals surface area contributed by atoms with Crippen LogP contribution in [-0.2, 0) is 4.79 Å². The third-order valence-corrected chi connectivity index (χ3v) is 3.52. The molecule has 0 aliphatic carbocycles. The molecule has 1 saturated heterocycles. The zero-order valence-electron chi connectivity index (χ0n) is 11.2. The molecule has 0 aromatic rings. The number of amides is 1. The van der Waals surface area contributed by atoms with Crippen LogP contribution in [0.2, 0.25) is 0 Å². The van der Waals surface area contributed by atoms with Crippen LogP contribution in [0.1, 0.15) is 34.1 Å². The van der Waals surface area contributed by atoms with Crippen LogP contribution in [0.25, 0.3) is 0 Å². The van der Waals surface area contributed by atoms with Crippen molar-refractivity contribution >= 4 is 5.91 Å². The number of likely N-dealkylation sites (N-methyl/N-ethyl adjacent to an activating group) is 1. The van der Waals surface area contributed by atoms with E-state index in [0.717, 1.165) is 13.0 Å². The summed E-state index contributed by atoms with van der Waals surface area (Å²) in [7, 11) is 1.98. The number of hydrogen-bond acceptors (Lipinski definition) is 3. The van der Waals surface area contributed by atoms with Gasteiger partial charge in [-0.2, -0.15) is 0 Å². The van der Waals surface area contributed by atoms with E-state index >= 15 is 0 Å². The van der Waals surface area contributed by atoms with E-state index in [2.05, 4.69) is 32.6 Å². The topological polar surface area (TPSA) is 49.6 Å². The normalized spacial score (nSPS) is 27.3. The molecular formula is C12H25N3O. The Bertz CT molecular complexity index is 263. The van der Waals surface area contributed by atoms with Crippen molar-refractivity contribution in [2.24, 2.45) is 5.73 Å². The van der Waals surface area contributed by atoms with Crippen molar-refractivity contribution in [2.45, 2.75) is 51.7 Å². The highest BCUT2D eigenvalue weighted by molar-refractivity contribution is 5.83. The quantitative estimate of drug-likeness (QED) is 0.754. The van der Waals surface area contributed by atoms with Crippen molar-refractivity contribution in [1.29, 1.82) is 0 Å². The van der Waals surface area contributed by atoms with Gasteiger partial charge in [-0.15, -0.1) is 0 Å². The van der Waals surface area contributed by atoms with Gasteiger partial charge >= 0.3 is 0 Å². The second-order valence-corrected chi connectivity index (χ2v) is 5.60. The molecule has 0 saturated carbocycles. The fourth-order valence-electron chi connectivity index (χ4n) is 2.61. The molecule has 0 aromatic carbocycles. The van der Waals surface area contributed by atoms with Gasteiger partial charge in [0.1, 0.15) is 6.04 Å². The van der Waals surface area contributed by atoms with Crippen LogP contribution in [-0.4, -0.2) is 53.5 Å². The maximum atomic E-state index is 12.4. The van der Waals surface area contributed by atoms with Gasteiger partial charge in [0.15, 0.2) is 0 Å². The van der Waals surface area contributed by atoms with Crippen LogP contribution in [0.4, 0.5) is 0 Å². The first-order valence-corrected chi connectivity index (χ1v) is 6.04. The van der Waals surface area contributed by atoms with Crippen LogP contribution < -0.4 is 5.73 Å². The Labute approximate surface area is 98.8 Å². The number of hydrogen-bond donors (Lipinski definition) is 1. The molecule has 16 heavy (non-hydrogen) atoms. The van der Waals surface area contributed by atoms with Crippen molar-refractivity contribution in [3.05, 3.63) is 0 Å². The average Bonchev–Trinajstić information content (AvgIpc) is 2.22. The SMILES string of the molecule is CC(C)N1C(=O)C(CN)N(C)CCC1(C)C. The lowest BCUT2D eigenvalue weighted by Crippen LogP contribution is -2.55. The Morgan fingerprint density at radius 1 is 1.50 bits per heavy atom. The molecule has 0 bridgehead atoms. The van der Waals surface area contributed by atoms with Crippen LogP contribution in [0.15, 0.2) is 0 Å². The van der Waals surface area contributed by atoms with Gasteiger partial charge in [0.25, 0.3) is 0 Å². The molecule has 4 heteroatoms. The zero-order valence-corrected chi connectivity index (χ0v) is 11.2. The van der Waals surface area contributed by atoms with Crippen LogP contribution in [0.3, 0.4) is 0 Å². The average molecular weight is 227 g/mol. The standard InChI is InChI=1S/C12H25N3O/c1-9(2)15-11(16)10(8-13)14(5)7-6-12(15,3)4/h9-10H,6-8,13H2,1-5H3. The summed E-state index contributed by atoms with van der Waals surface area (Å²) in [5.74, 6) is 0.169. The molecule has 0 radical (unpaired) electrons. The Morgan fingerprint density at radius 3 is 2.50 bits per heavy atom. The van der Waals surface area contributed by atoms with Crippen molar-refractivity contribution in [2.75, 3.05) is 20.1 Å². The molecule has 1 rings (SSSR count). The fourth-order valence-corrected chi connectivity index (χ4v) is 2.61. The van der Waals surface area contributed by atoms with Gasteiger partial charge in [0.2, 0.25) is 5.91 Å². The van der Waals surface area contributed by atoms with E-state index in [-0.39, 0.29) is 23.5 Å². The highest BCUT2D eigenvalue weighted by atomic mass is 16.2. The molecule has 94 valence electrons. The first-order valence-electron chi connectivity index (χ1n) is 6.04. The van der Waals surface area contributed by atoms with Gasteiger partial charge in [0, 0.05) is 24.7 Å². The van der Waals surface area contributed by atoms with E-state index in [9.17, 15) is 4.79 Å². The van der Waals surface area contributed by atoms with E-state index in [1.807, 2.05) is 11.9 Å². The molecule has 0 aromatic heterocycles. The summed E-state index contributed by atoms with van der Waals surface area (Å²) < 4.78 is 0. The summed E-state index contributed by atoms with van der Waals surface area (Å²) in [6.07, 6.45) is 0.990. The maximum absolute atomic E-state index is 12.4. The van der Waals surface area contributed by atoms with Crippen molar-refractivity contribution in [3.63, 3.8) is 0 Å². The third kappa shape index (κ3) is 2.38. The third-order valence-electron chi connectivity index (χ3n) is 3.52. The number of rotatable bonds is 2. The van der Waals surface area contributed by atoms with Crippen LogP contribution in [0, 0.1) is 0 Å². The molecular weight excluding hydrogens is 202 g/mol. The number of carbonyl (C=O) groups is 1. The predicted molar refractivity (Wildman–Crippen MR) is 66.2 cm³/mol. The lowest BCUT2D eigenvalue weighted by atomic mass is 9.96. The van der Waals surface area contributed by atoms with Crippen LogP contribution in [0.5, 0.6) is 0 Å². The summed E-state index contributed by atoms with van der Waals surface area (Å²) >= 11 is 0. The minimum absolute atomic E-state index is 0.0799. The summed E-state index contributed by atoms with van der Waals surface area (Å²) in [5, 5.41) is 0. The molecule has 1 heterocycles. The Morgan fingerprint density at radius 2 is 2.06 bits per heavy atom. The summed E-state index contributed by atoms with van der Waals surface area (Å²) in [4.78, 5) is 16.5. The minimum Gasteiger partial charge on any atom is -0.334 e. The van der Waals surface area contributed by atoms with Gasteiger partial charge in [0.05, 0.1) is 0 Å². The Balaban J connectivity index is 3.05. The van der Waals surface area contributed by atoms with Crippen molar-refractivity contribution in [3.8, 4) is 0 Å². The van der Waals surface area contributed by atoms with E-state index in [1.165, 1.54) is 0 Å². The number of nitrogens with zero attached hydrogens (tertiary/aromatic N) is 2. The Kier molecular flexibility index (Phi) is 3.97. The molecule has 1 unspecified atom stereocenters. The molecule has 1 atom stereocenters. The largest absolute Gasteiger partial charge is 0.334 e.